The van der Waals surface area contributed by atoms with Crippen LogP contribution in [0.5, 0.6) is 0 Å². The van der Waals surface area contributed by atoms with E-state index in [-0.39, 0.29) is 17.5 Å². The fourth-order valence-electron chi connectivity index (χ4n) is 3.91. The Morgan fingerprint density at radius 2 is 1.18 bits per heavy atom. The van der Waals surface area contributed by atoms with Crippen molar-refractivity contribution in [3.8, 4) is 0 Å². The predicted molar refractivity (Wildman–Crippen MR) is 108 cm³/mol. The Labute approximate surface area is 163 Å². The summed E-state index contributed by atoms with van der Waals surface area (Å²) in [5.41, 5.74) is 3.31. The summed E-state index contributed by atoms with van der Waals surface area (Å²) in [6.07, 6.45) is 0. The topological polar surface area (TPSA) is 63.2 Å². The third-order valence-corrected chi connectivity index (χ3v) is 5.37. The van der Waals surface area contributed by atoms with Crippen molar-refractivity contribution < 1.29 is 14.4 Å². The molecule has 0 saturated heterocycles. The van der Waals surface area contributed by atoms with Gasteiger partial charge in [-0.05, 0) is 31.0 Å². The Balaban J connectivity index is 1.98. The maximum absolute atomic E-state index is 13.3. The summed E-state index contributed by atoms with van der Waals surface area (Å²) >= 11 is 0. The van der Waals surface area contributed by atoms with Crippen LogP contribution in [0.1, 0.15) is 51.3 Å². The first-order chi connectivity index (χ1) is 13.4. The molecule has 0 saturated carbocycles. The minimum atomic E-state index is -1.04. The van der Waals surface area contributed by atoms with Crippen molar-refractivity contribution >= 4 is 23.2 Å². The molecule has 0 atom stereocenters. The second kappa shape index (κ2) is 6.57. The van der Waals surface area contributed by atoms with Gasteiger partial charge in [-0.1, -0.05) is 66.7 Å². The number of para-hydroxylation sites is 1. The Hall–Kier alpha value is -3.53. The highest BCUT2D eigenvalue weighted by molar-refractivity contribution is 6.11. The second-order valence-corrected chi connectivity index (χ2v) is 7.02. The smallest absolute Gasteiger partial charge is 0.244 e. The van der Waals surface area contributed by atoms with Gasteiger partial charge in [0.15, 0.2) is 11.6 Å². The molecule has 1 amide bonds. The third-order valence-electron chi connectivity index (χ3n) is 5.37. The molecule has 0 aromatic heterocycles. The largest absolute Gasteiger partial charge is 0.324 e. The summed E-state index contributed by atoms with van der Waals surface area (Å²) in [4.78, 5) is 36.7. The van der Waals surface area contributed by atoms with Gasteiger partial charge in [0.25, 0.3) is 0 Å². The van der Waals surface area contributed by atoms with Crippen LogP contribution in [-0.4, -0.2) is 17.5 Å². The molecule has 1 aliphatic heterocycles. The monoisotopic (exact) mass is 369 g/mol. The lowest BCUT2D eigenvalue weighted by atomic mass is 9.70. The highest BCUT2D eigenvalue weighted by Gasteiger charge is 2.49. The highest BCUT2D eigenvalue weighted by Crippen LogP contribution is 2.47. The van der Waals surface area contributed by atoms with Crippen LogP contribution in [0.15, 0.2) is 72.8 Å². The molecule has 4 heteroatoms. The second-order valence-electron chi connectivity index (χ2n) is 7.02. The number of hydrogen-bond acceptors (Lipinski definition) is 3. The molecule has 4 nitrogen and oxygen atoms in total. The lowest BCUT2D eigenvalue weighted by Gasteiger charge is -2.29. The lowest BCUT2D eigenvalue weighted by molar-refractivity contribution is -0.118. The van der Waals surface area contributed by atoms with Crippen LogP contribution in [0.3, 0.4) is 0 Å². The first-order valence-electron chi connectivity index (χ1n) is 9.08. The predicted octanol–water partition coefficient (Wildman–Crippen LogP) is 4.38. The maximum Gasteiger partial charge on any atom is 0.244 e. The van der Waals surface area contributed by atoms with E-state index in [1.54, 1.807) is 24.3 Å². The Morgan fingerprint density at radius 1 is 0.714 bits per heavy atom. The summed E-state index contributed by atoms with van der Waals surface area (Å²) in [6.45, 7) is 3.03. The van der Waals surface area contributed by atoms with Crippen molar-refractivity contribution in [3.05, 3.63) is 101 Å². The van der Waals surface area contributed by atoms with Gasteiger partial charge in [0.1, 0.15) is 5.41 Å². The number of ketones is 2. The molecule has 1 aliphatic rings. The van der Waals surface area contributed by atoms with Crippen LogP contribution in [0.25, 0.3) is 0 Å². The fourth-order valence-corrected chi connectivity index (χ4v) is 3.91. The van der Waals surface area contributed by atoms with Gasteiger partial charge in [-0.25, -0.2) is 0 Å². The van der Waals surface area contributed by atoms with E-state index in [9.17, 15) is 14.4 Å². The van der Waals surface area contributed by atoms with Gasteiger partial charge in [0.05, 0.1) is 0 Å². The summed E-state index contributed by atoms with van der Waals surface area (Å²) in [5.74, 6) is -0.204. The molecule has 0 spiro atoms. The van der Waals surface area contributed by atoms with E-state index in [2.05, 4.69) is 5.32 Å². The number of hydrogen-bond donors (Lipinski definition) is 1. The van der Waals surface area contributed by atoms with Crippen LogP contribution in [0, 0.1) is 0 Å². The van der Waals surface area contributed by atoms with E-state index in [0.717, 1.165) is 22.4 Å². The van der Waals surface area contributed by atoms with Gasteiger partial charge in [0.2, 0.25) is 5.91 Å². The standard InChI is InChI=1S/C24H19NO3/c1-15(26)17-7-11-19(12-8-17)24(20-13-9-18(10-14-20)16(2)27)21-5-3-4-6-22(21)25-23(24)28/h3-14H,1-2H3,(H,25,28). The summed E-state index contributed by atoms with van der Waals surface area (Å²) in [6, 6.07) is 21.9. The Morgan fingerprint density at radius 3 is 1.64 bits per heavy atom. The number of nitrogens with one attached hydrogen (secondary N) is 1. The molecule has 0 unspecified atom stereocenters. The zero-order valence-corrected chi connectivity index (χ0v) is 15.7. The first-order valence-corrected chi connectivity index (χ1v) is 9.08. The van der Waals surface area contributed by atoms with Crippen molar-refractivity contribution in [3.63, 3.8) is 0 Å². The summed E-state index contributed by atoms with van der Waals surface area (Å²) in [5, 5.41) is 2.99. The number of anilines is 1. The summed E-state index contributed by atoms with van der Waals surface area (Å²) in [7, 11) is 0. The first kappa shape index (κ1) is 17.9. The van der Waals surface area contributed by atoms with Crippen LogP contribution >= 0.6 is 0 Å². The number of rotatable bonds is 4. The van der Waals surface area contributed by atoms with E-state index in [4.69, 9.17) is 0 Å². The van der Waals surface area contributed by atoms with E-state index < -0.39 is 5.41 Å². The van der Waals surface area contributed by atoms with Crippen LogP contribution in [-0.2, 0) is 10.2 Å². The minimum absolute atomic E-state index is 0.0253. The van der Waals surface area contributed by atoms with E-state index in [0.29, 0.717) is 11.1 Å². The van der Waals surface area contributed by atoms with Gasteiger partial charge in [-0.15, -0.1) is 0 Å². The van der Waals surface area contributed by atoms with Crippen molar-refractivity contribution in [2.75, 3.05) is 5.32 Å². The molecule has 0 fully saturated rings. The number of amides is 1. The average Bonchev–Trinajstić information content (AvgIpc) is 3.00. The van der Waals surface area contributed by atoms with E-state index in [1.807, 2.05) is 48.5 Å². The average molecular weight is 369 g/mol. The van der Waals surface area contributed by atoms with Crippen LogP contribution < -0.4 is 5.32 Å². The molecule has 138 valence electrons. The Bertz CT molecular complexity index is 1040. The van der Waals surface area contributed by atoms with Crippen LogP contribution in [0.4, 0.5) is 5.69 Å². The number of carbonyl (C=O) groups excluding carboxylic acids is 3. The van der Waals surface area contributed by atoms with Gasteiger partial charge >= 0.3 is 0 Å². The van der Waals surface area contributed by atoms with Gasteiger partial charge in [0, 0.05) is 22.4 Å². The Kier molecular flexibility index (Phi) is 4.19. The molecular weight excluding hydrogens is 350 g/mol. The molecule has 1 heterocycles. The number of carbonyl (C=O) groups is 3. The normalized spacial score (nSPS) is 14.3. The number of fused-ring (bicyclic) bond motifs is 1. The van der Waals surface area contributed by atoms with Crippen molar-refractivity contribution in [2.45, 2.75) is 19.3 Å². The van der Waals surface area contributed by atoms with Gasteiger partial charge < -0.3 is 5.32 Å². The molecular formula is C24H19NO3. The lowest BCUT2D eigenvalue weighted by Crippen LogP contribution is -2.37. The van der Waals surface area contributed by atoms with Crippen LogP contribution in [0.2, 0.25) is 0 Å². The third kappa shape index (κ3) is 2.57. The molecule has 4 rings (SSSR count). The van der Waals surface area contributed by atoms with Gasteiger partial charge in [-0.2, -0.15) is 0 Å². The molecule has 0 aliphatic carbocycles. The maximum atomic E-state index is 13.3. The van der Waals surface area contributed by atoms with E-state index in [1.165, 1.54) is 13.8 Å². The quantitative estimate of drug-likeness (QED) is 0.694. The number of benzene rings is 3. The minimum Gasteiger partial charge on any atom is -0.324 e. The van der Waals surface area contributed by atoms with Gasteiger partial charge in [-0.3, -0.25) is 14.4 Å². The molecule has 3 aromatic carbocycles. The van der Waals surface area contributed by atoms with Crippen molar-refractivity contribution in [1.29, 1.82) is 0 Å². The highest BCUT2D eigenvalue weighted by atomic mass is 16.2. The van der Waals surface area contributed by atoms with Crippen molar-refractivity contribution in [2.24, 2.45) is 0 Å². The molecule has 3 aromatic rings. The number of Topliss-reactive ketones (excluding diaryl/α,β-unsaturated/α-hetero) is 2. The molecule has 0 radical (unpaired) electrons. The zero-order chi connectivity index (χ0) is 19.9. The zero-order valence-electron chi connectivity index (χ0n) is 15.7. The molecule has 0 bridgehead atoms. The van der Waals surface area contributed by atoms with E-state index >= 15 is 0 Å². The molecule has 1 N–H and O–H groups in total. The molecule has 28 heavy (non-hydrogen) atoms. The fraction of sp³-hybridized carbons (Fsp3) is 0.125. The SMILES string of the molecule is CC(=O)c1ccc(C2(c3ccc(C(C)=O)cc3)C(=O)Nc3ccccc32)cc1. The summed E-state index contributed by atoms with van der Waals surface area (Å²) < 4.78 is 0. The van der Waals surface area contributed by atoms with Crippen molar-refractivity contribution in [1.82, 2.24) is 0 Å².